The van der Waals surface area contributed by atoms with E-state index in [2.05, 4.69) is 4.99 Å². The Labute approximate surface area is 93.1 Å². The molecule has 0 radical (unpaired) electrons. The van der Waals surface area contributed by atoms with Crippen molar-refractivity contribution in [1.29, 1.82) is 0 Å². The smallest absolute Gasteiger partial charge is 0.231 e. The summed E-state index contributed by atoms with van der Waals surface area (Å²) in [6, 6.07) is 0. The minimum atomic E-state index is -0.467. The van der Waals surface area contributed by atoms with Gasteiger partial charge < -0.3 is 5.73 Å². The number of carbonyl (C=O) groups excluding carboxylic acids is 2. The second-order valence-corrected chi connectivity index (χ2v) is 4.28. The zero-order valence-corrected chi connectivity index (χ0v) is 9.71. The molecule has 0 spiro atoms. The summed E-state index contributed by atoms with van der Waals surface area (Å²) in [7, 11) is 0. The molecule has 1 fully saturated rings. The molecule has 1 aliphatic rings. The number of amidine groups is 1. The maximum Gasteiger partial charge on any atom is 0.231 e. The Kier molecular flexibility index (Phi) is 4.14. The van der Waals surface area contributed by atoms with E-state index in [0.29, 0.717) is 18.3 Å². The number of primary amides is 1. The van der Waals surface area contributed by atoms with Crippen LogP contribution < -0.4 is 5.73 Å². The lowest BCUT2D eigenvalue weighted by atomic mass is 10.2. The number of thioether (sulfide) groups is 1. The highest BCUT2D eigenvalue weighted by molar-refractivity contribution is 8.15. The molecule has 84 valence electrons. The Hall–Kier alpha value is -1.04. The average Bonchev–Trinajstić information content (AvgIpc) is 2.17. The molecule has 2 amide bonds. The molecule has 0 aliphatic carbocycles. The zero-order valence-electron chi connectivity index (χ0n) is 8.90. The van der Waals surface area contributed by atoms with Crippen molar-refractivity contribution in [2.45, 2.75) is 25.5 Å². The van der Waals surface area contributed by atoms with Gasteiger partial charge in [0.25, 0.3) is 0 Å². The predicted molar refractivity (Wildman–Crippen MR) is 60.6 cm³/mol. The first kappa shape index (κ1) is 12.0. The van der Waals surface area contributed by atoms with Crippen molar-refractivity contribution in [2.24, 2.45) is 10.7 Å². The average molecular weight is 229 g/mol. The fourth-order valence-corrected chi connectivity index (χ4v) is 2.49. The molecule has 1 heterocycles. The lowest BCUT2D eigenvalue weighted by molar-refractivity contribution is -0.129. The lowest BCUT2D eigenvalue weighted by Crippen LogP contribution is -2.45. The topological polar surface area (TPSA) is 75.8 Å². The van der Waals surface area contributed by atoms with E-state index in [4.69, 9.17) is 5.73 Å². The summed E-state index contributed by atoms with van der Waals surface area (Å²) in [6.45, 7) is 4.95. The van der Waals surface area contributed by atoms with Gasteiger partial charge in [-0.25, -0.2) is 0 Å². The fourth-order valence-electron chi connectivity index (χ4n) is 1.34. The van der Waals surface area contributed by atoms with Crippen molar-refractivity contribution < 1.29 is 9.59 Å². The monoisotopic (exact) mass is 229 g/mol. The minimum absolute atomic E-state index is 0.0766. The van der Waals surface area contributed by atoms with Crippen LogP contribution in [0.15, 0.2) is 4.99 Å². The van der Waals surface area contributed by atoms with E-state index in [9.17, 15) is 9.59 Å². The van der Waals surface area contributed by atoms with Gasteiger partial charge in [0.2, 0.25) is 11.8 Å². The standard InChI is InChI=1S/C9H15N3O2S/c1-3-11-9-12(4-2)7(13)5-6(15-9)8(10)14/h6H,3-5H2,1-2H3,(H2,10,14). The largest absolute Gasteiger partial charge is 0.369 e. The van der Waals surface area contributed by atoms with Gasteiger partial charge in [0.15, 0.2) is 5.17 Å². The summed E-state index contributed by atoms with van der Waals surface area (Å²) < 4.78 is 0. The van der Waals surface area contributed by atoms with Crippen LogP contribution in [0.2, 0.25) is 0 Å². The molecule has 1 aliphatic heterocycles. The number of hydrogen-bond acceptors (Lipinski definition) is 4. The summed E-state index contributed by atoms with van der Waals surface area (Å²) in [6.07, 6.45) is 0.177. The number of hydrogen-bond donors (Lipinski definition) is 1. The number of rotatable bonds is 3. The molecule has 1 unspecified atom stereocenters. The molecule has 1 rings (SSSR count). The second kappa shape index (κ2) is 5.16. The van der Waals surface area contributed by atoms with Gasteiger partial charge >= 0.3 is 0 Å². The first-order valence-electron chi connectivity index (χ1n) is 4.90. The number of amides is 2. The Morgan fingerprint density at radius 2 is 2.33 bits per heavy atom. The molecule has 15 heavy (non-hydrogen) atoms. The van der Waals surface area contributed by atoms with Crippen LogP contribution in [0, 0.1) is 0 Å². The van der Waals surface area contributed by atoms with E-state index in [-0.39, 0.29) is 12.3 Å². The molecular formula is C9H15N3O2S. The molecular weight excluding hydrogens is 214 g/mol. The summed E-state index contributed by atoms with van der Waals surface area (Å²) in [5.74, 6) is -0.528. The summed E-state index contributed by atoms with van der Waals surface area (Å²) in [4.78, 5) is 28.5. The van der Waals surface area contributed by atoms with Crippen LogP contribution in [-0.4, -0.2) is 40.2 Å². The van der Waals surface area contributed by atoms with Crippen molar-refractivity contribution in [1.82, 2.24) is 4.90 Å². The Balaban J connectivity index is 2.86. The first-order valence-corrected chi connectivity index (χ1v) is 5.78. The molecule has 5 nitrogen and oxygen atoms in total. The van der Waals surface area contributed by atoms with Crippen molar-refractivity contribution in [3.8, 4) is 0 Å². The van der Waals surface area contributed by atoms with Gasteiger partial charge in [-0.3, -0.25) is 19.5 Å². The summed E-state index contributed by atoms with van der Waals surface area (Å²) >= 11 is 1.28. The highest BCUT2D eigenvalue weighted by atomic mass is 32.2. The molecule has 0 aromatic carbocycles. The van der Waals surface area contributed by atoms with Crippen LogP contribution in [0.4, 0.5) is 0 Å². The molecule has 2 N–H and O–H groups in total. The van der Waals surface area contributed by atoms with Crippen molar-refractivity contribution in [3.05, 3.63) is 0 Å². The number of carbonyl (C=O) groups is 2. The van der Waals surface area contributed by atoms with E-state index >= 15 is 0 Å². The first-order chi connectivity index (χ1) is 7.10. The Morgan fingerprint density at radius 1 is 1.67 bits per heavy atom. The van der Waals surface area contributed by atoms with Gasteiger partial charge in [0.05, 0.1) is 5.25 Å². The van der Waals surface area contributed by atoms with Gasteiger partial charge in [-0.05, 0) is 13.8 Å². The van der Waals surface area contributed by atoms with E-state index in [1.54, 1.807) is 4.90 Å². The Bertz CT molecular complexity index is 304. The lowest BCUT2D eigenvalue weighted by Gasteiger charge is -2.30. The normalized spacial score (nSPS) is 24.7. The van der Waals surface area contributed by atoms with Gasteiger partial charge in [0, 0.05) is 19.5 Å². The summed E-state index contributed by atoms with van der Waals surface area (Å²) in [5.41, 5.74) is 5.19. The van der Waals surface area contributed by atoms with Crippen LogP contribution >= 0.6 is 11.8 Å². The quantitative estimate of drug-likeness (QED) is 0.751. The maximum absolute atomic E-state index is 11.6. The van der Waals surface area contributed by atoms with Crippen molar-refractivity contribution in [2.75, 3.05) is 13.1 Å². The SMILES string of the molecule is CCN=C1SC(C(N)=O)CC(=O)N1CC. The highest BCUT2D eigenvalue weighted by Crippen LogP contribution is 2.25. The van der Waals surface area contributed by atoms with Gasteiger partial charge in [-0.2, -0.15) is 0 Å². The van der Waals surface area contributed by atoms with Gasteiger partial charge in [-0.1, -0.05) is 11.8 Å². The zero-order chi connectivity index (χ0) is 11.4. The highest BCUT2D eigenvalue weighted by Gasteiger charge is 2.33. The maximum atomic E-state index is 11.6. The van der Waals surface area contributed by atoms with Gasteiger partial charge in [0.1, 0.15) is 0 Å². The van der Waals surface area contributed by atoms with Crippen LogP contribution in [0.5, 0.6) is 0 Å². The number of nitrogens with zero attached hydrogens (tertiary/aromatic N) is 2. The minimum Gasteiger partial charge on any atom is -0.369 e. The molecule has 0 aromatic heterocycles. The van der Waals surface area contributed by atoms with E-state index in [1.165, 1.54) is 11.8 Å². The van der Waals surface area contributed by atoms with E-state index < -0.39 is 11.2 Å². The van der Waals surface area contributed by atoms with Crippen LogP contribution in [0.1, 0.15) is 20.3 Å². The second-order valence-electron chi connectivity index (χ2n) is 3.11. The van der Waals surface area contributed by atoms with Crippen molar-refractivity contribution >= 4 is 28.7 Å². The molecule has 6 heteroatoms. The van der Waals surface area contributed by atoms with Crippen molar-refractivity contribution in [3.63, 3.8) is 0 Å². The predicted octanol–water partition coefficient (Wildman–Crippen LogP) is 0.202. The van der Waals surface area contributed by atoms with Crippen LogP contribution in [0.3, 0.4) is 0 Å². The third-order valence-corrected chi connectivity index (χ3v) is 3.31. The molecule has 0 bridgehead atoms. The molecule has 0 saturated carbocycles. The molecule has 1 saturated heterocycles. The summed E-state index contributed by atoms with van der Waals surface area (Å²) in [5, 5.41) is 0.144. The van der Waals surface area contributed by atoms with Crippen LogP contribution in [-0.2, 0) is 9.59 Å². The van der Waals surface area contributed by atoms with Gasteiger partial charge in [-0.15, -0.1) is 0 Å². The fraction of sp³-hybridized carbons (Fsp3) is 0.667. The number of nitrogens with two attached hydrogens (primary N) is 1. The molecule has 0 aromatic rings. The third-order valence-electron chi connectivity index (χ3n) is 2.07. The number of aliphatic imine (C=N–C) groups is 1. The molecule has 1 atom stereocenters. The Morgan fingerprint density at radius 3 is 2.80 bits per heavy atom. The van der Waals surface area contributed by atoms with Crippen LogP contribution in [0.25, 0.3) is 0 Å². The van der Waals surface area contributed by atoms with E-state index in [0.717, 1.165) is 0 Å². The third kappa shape index (κ3) is 2.71. The van der Waals surface area contributed by atoms with E-state index in [1.807, 2.05) is 13.8 Å².